The Bertz CT molecular complexity index is 630. The van der Waals surface area contributed by atoms with Gasteiger partial charge in [-0.25, -0.2) is 10.4 Å². The summed E-state index contributed by atoms with van der Waals surface area (Å²) in [5, 5.41) is 29.8. The SMILES string of the molecule is NC(=O)CC(NN1CCC[C@@H]1C(=O)O)([C@H](N)C(=O)O)N1CCC[C@@H]1C(=O)O. The number of rotatable bonds is 9. The highest BCUT2D eigenvalue weighted by molar-refractivity contribution is 5.81. The van der Waals surface area contributed by atoms with Crippen LogP contribution in [0.3, 0.4) is 0 Å². The molecular weight excluding hydrogens is 362 g/mol. The quantitative estimate of drug-likeness (QED) is 0.246. The topological polar surface area (TPSA) is 200 Å². The molecule has 0 spiro atoms. The fraction of sp³-hybridized carbons (Fsp3) is 0.733. The molecule has 0 aromatic rings. The predicted molar refractivity (Wildman–Crippen MR) is 90.0 cm³/mol. The number of amides is 1. The average molecular weight is 387 g/mol. The Morgan fingerprint density at radius 1 is 1.04 bits per heavy atom. The van der Waals surface area contributed by atoms with Crippen molar-refractivity contribution < 1.29 is 34.5 Å². The van der Waals surface area contributed by atoms with Gasteiger partial charge in [-0.3, -0.25) is 24.1 Å². The summed E-state index contributed by atoms with van der Waals surface area (Å²) in [6.07, 6.45) is 0.952. The normalized spacial score (nSPS) is 27.1. The second-order valence-electron chi connectivity index (χ2n) is 6.87. The van der Waals surface area contributed by atoms with Crippen LogP contribution in [-0.4, -0.2) is 85.9 Å². The number of hydrazine groups is 1. The van der Waals surface area contributed by atoms with Crippen molar-refractivity contribution in [2.45, 2.75) is 55.9 Å². The second-order valence-corrected chi connectivity index (χ2v) is 6.87. The number of primary amides is 1. The molecule has 0 aromatic carbocycles. The number of aliphatic carboxylic acids is 3. The zero-order valence-electron chi connectivity index (χ0n) is 14.7. The van der Waals surface area contributed by atoms with Gasteiger partial charge < -0.3 is 26.8 Å². The van der Waals surface area contributed by atoms with E-state index in [2.05, 4.69) is 5.43 Å². The molecule has 12 nitrogen and oxygen atoms in total. The Morgan fingerprint density at radius 2 is 1.59 bits per heavy atom. The standard InChI is InChI=1S/C15H25N5O7/c16-10(21)7-15(11(17)14(26)27,19-5-1-3-8(19)12(22)23)18-20-6-2-4-9(20)13(24)25/h8-9,11,18H,1-7,17H2,(H2,16,21)(H,22,23)(H,24,25)(H,26,27)/t8-,9-,11-,15?/m1/s1. The molecule has 27 heavy (non-hydrogen) atoms. The van der Waals surface area contributed by atoms with E-state index in [9.17, 15) is 34.5 Å². The maximum atomic E-state index is 11.8. The number of nitrogens with one attached hydrogen (secondary N) is 1. The van der Waals surface area contributed by atoms with Crippen LogP contribution < -0.4 is 16.9 Å². The minimum Gasteiger partial charge on any atom is -0.480 e. The van der Waals surface area contributed by atoms with Crippen molar-refractivity contribution in [1.82, 2.24) is 15.3 Å². The number of hydrogen-bond acceptors (Lipinski definition) is 8. The van der Waals surface area contributed by atoms with Crippen LogP contribution in [0.4, 0.5) is 0 Å². The Labute approximate surface area is 155 Å². The zero-order chi connectivity index (χ0) is 20.4. The first kappa shape index (κ1) is 21.0. The van der Waals surface area contributed by atoms with Crippen molar-refractivity contribution >= 4 is 23.8 Å². The third kappa shape index (κ3) is 4.18. The predicted octanol–water partition coefficient (Wildman–Crippen LogP) is -2.43. The molecule has 0 radical (unpaired) electrons. The van der Waals surface area contributed by atoms with Gasteiger partial charge in [-0.15, -0.1) is 0 Å². The third-order valence-corrected chi connectivity index (χ3v) is 5.15. The largest absolute Gasteiger partial charge is 0.480 e. The highest BCUT2D eigenvalue weighted by atomic mass is 16.4. The van der Waals surface area contributed by atoms with E-state index in [-0.39, 0.29) is 19.5 Å². The number of likely N-dealkylation sites (tertiary alicyclic amines) is 1. The van der Waals surface area contributed by atoms with Crippen LogP contribution in [0.2, 0.25) is 0 Å². The summed E-state index contributed by atoms with van der Waals surface area (Å²) < 4.78 is 0. The first-order valence-corrected chi connectivity index (χ1v) is 8.63. The van der Waals surface area contributed by atoms with Crippen LogP contribution in [0.15, 0.2) is 0 Å². The van der Waals surface area contributed by atoms with Gasteiger partial charge in [0.2, 0.25) is 5.91 Å². The van der Waals surface area contributed by atoms with Crippen LogP contribution in [-0.2, 0) is 19.2 Å². The minimum atomic E-state index is -1.87. The van der Waals surface area contributed by atoms with Gasteiger partial charge in [-0.05, 0) is 25.7 Å². The fourth-order valence-electron chi connectivity index (χ4n) is 3.94. The first-order valence-electron chi connectivity index (χ1n) is 8.63. The zero-order valence-corrected chi connectivity index (χ0v) is 14.7. The Kier molecular flexibility index (Phi) is 6.36. The highest BCUT2D eigenvalue weighted by Gasteiger charge is 2.54. The molecule has 12 heteroatoms. The molecule has 0 aromatic heterocycles. The Morgan fingerprint density at radius 3 is 2.11 bits per heavy atom. The van der Waals surface area contributed by atoms with Crippen LogP contribution in [0, 0.1) is 0 Å². The fourth-order valence-corrected chi connectivity index (χ4v) is 3.94. The second kappa shape index (κ2) is 8.17. The molecule has 2 rings (SSSR count). The van der Waals surface area contributed by atoms with Crippen molar-refractivity contribution in [1.29, 1.82) is 0 Å². The molecule has 152 valence electrons. The molecule has 0 aliphatic carbocycles. The number of nitrogens with two attached hydrogens (primary N) is 2. The van der Waals surface area contributed by atoms with Crippen LogP contribution in [0.5, 0.6) is 0 Å². The van der Waals surface area contributed by atoms with E-state index in [1.165, 1.54) is 9.91 Å². The molecule has 0 saturated carbocycles. The van der Waals surface area contributed by atoms with Crippen molar-refractivity contribution in [2.75, 3.05) is 13.1 Å². The number of carboxylic acid groups (broad SMARTS) is 3. The van der Waals surface area contributed by atoms with E-state index in [0.29, 0.717) is 19.3 Å². The summed E-state index contributed by atoms with van der Waals surface area (Å²) >= 11 is 0. The number of carbonyl (C=O) groups is 4. The van der Waals surface area contributed by atoms with E-state index in [1.54, 1.807) is 0 Å². The molecule has 2 fully saturated rings. The molecule has 2 heterocycles. The Balaban J connectivity index is 2.50. The maximum absolute atomic E-state index is 11.8. The lowest BCUT2D eigenvalue weighted by Gasteiger charge is -2.48. The molecule has 2 aliphatic heterocycles. The molecule has 4 atom stereocenters. The van der Waals surface area contributed by atoms with Crippen LogP contribution >= 0.6 is 0 Å². The smallest absolute Gasteiger partial charge is 0.323 e. The number of nitrogens with zero attached hydrogens (tertiary/aromatic N) is 2. The first-order chi connectivity index (χ1) is 12.6. The van der Waals surface area contributed by atoms with E-state index in [4.69, 9.17) is 11.5 Å². The van der Waals surface area contributed by atoms with Gasteiger partial charge in [0.05, 0.1) is 6.42 Å². The molecule has 2 saturated heterocycles. The van der Waals surface area contributed by atoms with Crippen molar-refractivity contribution in [3.05, 3.63) is 0 Å². The maximum Gasteiger partial charge on any atom is 0.323 e. The van der Waals surface area contributed by atoms with Gasteiger partial charge >= 0.3 is 17.9 Å². The summed E-state index contributed by atoms with van der Waals surface area (Å²) in [6, 6.07) is -3.75. The molecule has 1 amide bonds. The lowest BCUT2D eigenvalue weighted by molar-refractivity contribution is -0.160. The van der Waals surface area contributed by atoms with Gasteiger partial charge in [-0.1, -0.05) is 0 Å². The van der Waals surface area contributed by atoms with E-state index >= 15 is 0 Å². The molecular formula is C15H25N5O7. The minimum absolute atomic E-state index is 0.170. The molecule has 0 bridgehead atoms. The molecule has 1 unspecified atom stereocenters. The Hall–Kier alpha value is -2.28. The van der Waals surface area contributed by atoms with E-state index in [0.717, 1.165) is 0 Å². The van der Waals surface area contributed by atoms with E-state index in [1.807, 2.05) is 0 Å². The van der Waals surface area contributed by atoms with Gasteiger partial charge in [0, 0.05) is 13.1 Å². The summed E-state index contributed by atoms with van der Waals surface area (Å²) in [5.41, 5.74) is 12.2. The van der Waals surface area contributed by atoms with Gasteiger partial charge in [0.25, 0.3) is 0 Å². The van der Waals surface area contributed by atoms with Gasteiger partial charge in [-0.2, -0.15) is 0 Å². The summed E-state index contributed by atoms with van der Waals surface area (Å²) in [4.78, 5) is 48.0. The highest BCUT2D eigenvalue weighted by Crippen LogP contribution is 2.32. The lowest BCUT2D eigenvalue weighted by atomic mass is 9.93. The summed E-state index contributed by atoms with van der Waals surface area (Å²) in [5.74, 6) is -4.66. The van der Waals surface area contributed by atoms with Gasteiger partial charge in [0.15, 0.2) is 0 Å². The summed E-state index contributed by atoms with van der Waals surface area (Å²) in [7, 11) is 0. The number of hydrogen-bond donors (Lipinski definition) is 6. The number of carboxylic acids is 3. The van der Waals surface area contributed by atoms with Crippen molar-refractivity contribution in [3.63, 3.8) is 0 Å². The number of carbonyl (C=O) groups excluding carboxylic acids is 1. The average Bonchev–Trinajstić information content (AvgIpc) is 3.21. The molecule has 8 N–H and O–H groups in total. The third-order valence-electron chi connectivity index (χ3n) is 5.15. The van der Waals surface area contributed by atoms with E-state index < -0.39 is 54.0 Å². The van der Waals surface area contributed by atoms with Gasteiger partial charge in [0.1, 0.15) is 23.8 Å². The monoisotopic (exact) mass is 387 g/mol. The van der Waals surface area contributed by atoms with Crippen LogP contribution in [0.1, 0.15) is 32.1 Å². The van der Waals surface area contributed by atoms with Crippen molar-refractivity contribution in [3.8, 4) is 0 Å². The molecule has 2 aliphatic rings. The van der Waals surface area contributed by atoms with Crippen molar-refractivity contribution in [2.24, 2.45) is 11.5 Å². The lowest BCUT2D eigenvalue weighted by Crippen LogP contribution is -2.76. The summed E-state index contributed by atoms with van der Waals surface area (Å²) in [6.45, 7) is 0.444. The van der Waals surface area contributed by atoms with Crippen LogP contribution in [0.25, 0.3) is 0 Å².